The highest BCUT2D eigenvalue weighted by Gasteiger charge is 2.19. The van der Waals surface area contributed by atoms with Gasteiger partial charge in [0.1, 0.15) is 6.26 Å². The standard InChI is InChI=1S/C22H22ClN5O3/c23-18-12-16(6-7-19(18)28-11-10-24-20(29)13-28)27-22(30)25-9-8-17-14-31-21(26-17)15-4-2-1-3-5-15/h1-7,12,14H,8-11,13H2,(H,24,29)(H2,25,27,30). The molecule has 1 aliphatic rings. The minimum Gasteiger partial charge on any atom is -0.444 e. The first-order valence-corrected chi connectivity index (χ1v) is 10.3. The van der Waals surface area contributed by atoms with E-state index in [4.69, 9.17) is 16.0 Å². The minimum absolute atomic E-state index is 0.0353. The van der Waals surface area contributed by atoms with Gasteiger partial charge >= 0.3 is 6.03 Å². The van der Waals surface area contributed by atoms with E-state index in [1.165, 1.54) is 0 Å². The van der Waals surface area contributed by atoms with Crippen LogP contribution < -0.4 is 20.9 Å². The number of piperazine rings is 1. The molecule has 0 aliphatic carbocycles. The Bertz CT molecular complexity index is 1070. The molecule has 1 saturated heterocycles. The average Bonchev–Trinajstić information content (AvgIpc) is 3.23. The van der Waals surface area contributed by atoms with Crippen molar-refractivity contribution in [2.45, 2.75) is 6.42 Å². The Morgan fingerprint density at radius 1 is 1.23 bits per heavy atom. The van der Waals surface area contributed by atoms with Crippen LogP contribution in [0.4, 0.5) is 16.2 Å². The molecule has 2 aromatic carbocycles. The van der Waals surface area contributed by atoms with Crippen molar-refractivity contribution in [1.82, 2.24) is 15.6 Å². The molecule has 0 unspecified atom stereocenters. The van der Waals surface area contributed by atoms with E-state index in [9.17, 15) is 9.59 Å². The number of rotatable bonds is 6. The first kappa shape index (κ1) is 20.7. The maximum Gasteiger partial charge on any atom is 0.319 e. The monoisotopic (exact) mass is 439 g/mol. The molecule has 160 valence electrons. The molecule has 3 amide bonds. The summed E-state index contributed by atoms with van der Waals surface area (Å²) in [4.78, 5) is 30.1. The Hall–Kier alpha value is -3.52. The predicted molar refractivity (Wildman–Crippen MR) is 119 cm³/mol. The molecule has 31 heavy (non-hydrogen) atoms. The van der Waals surface area contributed by atoms with Crippen molar-refractivity contribution in [3.05, 3.63) is 65.5 Å². The molecule has 4 rings (SSSR count). The maximum atomic E-state index is 12.2. The van der Waals surface area contributed by atoms with Gasteiger partial charge in [-0.1, -0.05) is 29.8 Å². The van der Waals surface area contributed by atoms with Crippen molar-refractivity contribution >= 4 is 34.9 Å². The summed E-state index contributed by atoms with van der Waals surface area (Å²) in [7, 11) is 0. The Labute approximate surface area is 184 Å². The van der Waals surface area contributed by atoms with Crippen LogP contribution in [0.3, 0.4) is 0 Å². The first-order valence-electron chi connectivity index (χ1n) is 9.94. The lowest BCUT2D eigenvalue weighted by Gasteiger charge is -2.29. The Balaban J connectivity index is 1.27. The van der Waals surface area contributed by atoms with E-state index in [2.05, 4.69) is 20.9 Å². The highest BCUT2D eigenvalue weighted by molar-refractivity contribution is 6.33. The van der Waals surface area contributed by atoms with Gasteiger partial charge in [0.15, 0.2) is 0 Å². The van der Waals surface area contributed by atoms with E-state index in [0.29, 0.717) is 42.7 Å². The summed E-state index contributed by atoms with van der Waals surface area (Å²) in [5.41, 5.74) is 3.00. The zero-order valence-electron chi connectivity index (χ0n) is 16.7. The van der Waals surface area contributed by atoms with Gasteiger partial charge in [-0.15, -0.1) is 0 Å². The fourth-order valence-electron chi connectivity index (χ4n) is 3.30. The Kier molecular flexibility index (Phi) is 6.37. The second kappa shape index (κ2) is 9.53. The smallest absolute Gasteiger partial charge is 0.319 e. The van der Waals surface area contributed by atoms with Crippen LogP contribution in [0.2, 0.25) is 5.02 Å². The predicted octanol–water partition coefficient (Wildman–Crippen LogP) is 3.30. The van der Waals surface area contributed by atoms with E-state index < -0.39 is 0 Å². The van der Waals surface area contributed by atoms with Gasteiger partial charge in [0.2, 0.25) is 11.8 Å². The van der Waals surface area contributed by atoms with Crippen LogP contribution in [0.25, 0.3) is 11.5 Å². The van der Waals surface area contributed by atoms with Crippen LogP contribution in [0.15, 0.2) is 59.2 Å². The summed E-state index contributed by atoms with van der Waals surface area (Å²) in [6, 6.07) is 14.5. The molecule has 2 heterocycles. The third kappa shape index (κ3) is 5.35. The molecule has 0 spiro atoms. The molecule has 3 N–H and O–H groups in total. The molecule has 1 fully saturated rings. The number of carbonyl (C=O) groups is 2. The van der Waals surface area contributed by atoms with E-state index in [0.717, 1.165) is 16.9 Å². The highest BCUT2D eigenvalue weighted by atomic mass is 35.5. The average molecular weight is 440 g/mol. The van der Waals surface area contributed by atoms with Gasteiger partial charge in [-0.2, -0.15) is 0 Å². The number of oxazole rings is 1. The number of nitrogens with one attached hydrogen (secondary N) is 3. The quantitative estimate of drug-likeness (QED) is 0.547. The van der Waals surface area contributed by atoms with Gasteiger partial charge < -0.3 is 25.3 Å². The Morgan fingerprint density at radius 2 is 2.06 bits per heavy atom. The summed E-state index contributed by atoms with van der Waals surface area (Å²) in [5, 5.41) is 8.81. The van der Waals surface area contributed by atoms with Crippen LogP contribution in [-0.4, -0.2) is 43.1 Å². The van der Waals surface area contributed by atoms with Gasteiger partial charge in [-0.05, 0) is 30.3 Å². The molecule has 0 saturated carbocycles. The number of amides is 3. The topological polar surface area (TPSA) is 99.5 Å². The lowest BCUT2D eigenvalue weighted by Crippen LogP contribution is -2.47. The van der Waals surface area contributed by atoms with Crippen LogP contribution in [0, 0.1) is 0 Å². The fraction of sp³-hybridized carbons (Fsp3) is 0.227. The van der Waals surface area contributed by atoms with E-state index >= 15 is 0 Å². The molecule has 9 heteroatoms. The number of hydrogen-bond acceptors (Lipinski definition) is 5. The van der Waals surface area contributed by atoms with Crippen molar-refractivity contribution < 1.29 is 14.0 Å². The van der Waals surface area contributed by atoms with E-state index in [1.807, 2.05) is 35.2 Å². The number of benzene rings is 2. The maximum absolute atomic E-state index is 12.2. The zero-order valence-corrected chi connectivity index (χ0v) is 17.5. The summed E-state index contributed by atoms with van der Waals surface area (Å²) in [5.74, 6) is 0.521. The summed E-state index contributed by atoms with van der Waals surface area (Å²) >= 11 is 6.37. The highest BCUT2D eigenvalue weighted by Crippen LogP contribution is 2.29. The molecule has 8 nitrogen and oxygen atoms in total. The van der Waals surface area contributed by atoms with Crippen molar-refractivity contribution in [3.63, 3.8) is 0 Å². The number of urea groups is 1. The number of nitrogens with zero attached hydrogens (tertiary/aromatic N) is 2. The second-order valence-electron chi connectivity index (χ2n) is 7.08. The number of carbonyl (C=O) groups excluding carboxylic acids is 2. The molecular weight excluding hydrogens is 418 g/mol. The first-order chi connectivity index (χ1) is 15.1. The van der Waals surface area contributed by atoms with Crippen molar-refractivity contribution in [3.8, 4) is 11.5 Å². The normalized spacial score (nSPS) is 13.6. The van der Waals surface area contributed by atoms with Crippen LogP contribution in [0.1, 0.15) is 5.69 Å². The lowest BCUT2D eigenvalue weighted by atomic mass is 10.2. The van der Waals surface area contributed by atoms with Gasteiger partial charge in [-0.25, -0.2) is 9.78 Å². The number of aromatic nitrogens is 1. The van der Waals surface area contributed by atoms with Gasteiger partial charge in [0, 0.05) is 37.3 Å². The molecule has 3 aromatic rings. The Morgan fingerprint density at radius 3 is 2.84 bits per heavy atom. The van der Waals surface area contributed by atoms with Crippen molar-refractivity contribution in [2.75, 3.05) is 36.4 Å². The van der Waals surface area contributed by atoms with Gasteiger partial charge in [0.05, 0.1) is 22.9 Å². The molecular formula is C22H22ClN5O3. The van der Waals surface area contributed by atoms with Crippen LogP contribution in [0.5, 0.6) is 0 Å². The van der Waals surface area contributed by atoms with Gasteiger partial charge in [-0.3, -0.25) is 4.79 Å². The molecule has 0 bridgehead atoms. The zero-order chi connectivity index (χ0) is 21.6. The molecule has 1 aromatic heterocycles. The molecule has 0 radical (unpaired) electrons. The molecule has 1 aliphatic heterocycles. The third-order valence-corrected chi connectivity index (χ3v) is 5.13. The number of hydrogen-bond donors (Lipinski definition) is 3. The van der Waals surface area contributed by atoms with Crippen LogP contribution >= 0.6 is 11.6 Å². The number of halogens is 1. The fourth-order valence-corrected chi connectivity index (χ4v) is 3.60. The summed E-state index contributed by atoms with van der Waals surface area (Å²) in [6.07, 6.45) is 2.14. The summed E-state index contributed by atoms with van der Waals surface area (Å²) in [6.45, 7) is 1.94. The van der Waals surface area contributed by atoms with Crippen molar-refractivity contribution in [1.29, 1.82) is 0 Å². The van der Waals surface area contributed by atoms with Crippen molar-refractivity contribution in [2.24, 2.45) is 0 Å². The second-order valence-corrected chi connectivity index (χ2v) is 7.49. The number of anilines is 2. The minimum atomic E-state index is -0.340. The van der Waals surface area contributed by atoms with Gasteiger partial charge in [0.25, 0.3) is 0 Å². The largest absolute Gasteiger partial charge is 0.444 e. The van der Waals surface area contributed by atoms with E-state index in [1.54, 1.807) is 24.5 Å². The van der Waals surface area contributed by atoms with Crippen LogP contribution in [-0.2, 0) is 11.2 Å². The third-order valence-electron chi connectivity index (χ3n) is 4.82. The lowest BCUT2D eigenvalue weighted by molar-refractivity contribution is -0.120. The summed E-state index contributed by atoms with van der Waals surface area (Å²) < 4.78 is 5.50. The molecule has 0 atom stereocenters. The van der Waals surface area contributed by atoms with E-state index in [-0.39, 0.29) is 18.5 Å². The SMILES string of the molecule is O=C1CN(c2ccc(NC(=O)NCCc3coc(-c4ccccc4)n3)cc2Cl)CCN1.